The topological polar surface area (TPSA) is 65.0 Å². The second kappa shape index (κ2) is 8.28. The SMILES string of the molecule is COCC1(c2ccc(Oc3c(C(=O)O)sc4cc(C)c(OC)cc34)cc2)CCCC1. The van der Waals surface area contributed by atoms with E-state index in [1.165, 1.54) is 29.7 Å². The summed E-state index contributed by atoms with van der Waals surface area (Å²) in [4.78, 5) is 12.0. The summed E-state index contributed by atoms with van der Waals surface area (Å²) in [6.45, 7) is 2.65. The quantitative estimate of drug-likeness (QED) is 0.490. The minimum Gasteiger partial charge on any atom is -0.496 e. The van der Waals surface area contributed by atoms with Gasteiger partial charge in [-0.05, 0) is 55.2 Å². The Bertz CT molecular complexity index is 1060. The molecule has 1 saturated carbocycles. The van der Waals surface area contributed by atoms with E-state index in [1.807, 2.05) is 31.2 Å². The van der Waals surface area contributed by atoms with Gasteiger partial charge in [-0.2, -0.15) is 0 Å². The second-order valence-corrected chi connectivity index (χ2v) is 8.98. The van der Waals surface area contributed by atoms with Crippen molar-refractivity contribution >= 4 is 27.4 Å². The molecule has 158 valence electrons. The molecule has 1 fully saturated rings. The van der Waals surface area contributed by atoms with Gasteiger partial charge in [-0.1, -0.05) is 25.0 Å². The zero-order chi connectivity index (χ0) is 21.3. The Hall–Kier alpha value is -2.57. The molecule has 5 nitrogen and oxygen atoms in total. The first-order chi connectivity index (χ1) is 14.5. The Labute approximate surface area is 180 Å². The molecular formula is C24H26O5S. The lowest BCUT2D eigenvalue weighted by Gasteiger charge is -2.28. The Morgan fingerprint density at radius 2 is 1.83 bits per heavy atom. The van der Waals surface area contributed by atoms with E-state index in [0.29, 0.717) is 23.9 Å². The van der Waals surface area contributed by atoms with Crippen LogP contribution in [-0.2, 0) is 10.2 Å². The first-order valence-corrected chi connectivity index (χ1v) is 10.9. The predicted molar refractivity (Wildman–Crippen MR) is 119 cm³/mol. The van der Waals surface area contributed by atoms with E-state index in [2.05, 4.69) is 12.1 Å². The predicted octanol–water partition coefficient (Wildman–Crippen LogP) is 6.17. The molecule has 6 heteroatoms. The van der Waals surface area contributed by atoms with E-state index >= 15 is 0 Å². The number of aromatic carboxylic acids is 1. The van der Waals surface area contributed by atoms with Gasteiger partial charge >= 0.3 is 5.97 Å². The number of hydrogen-bond donors (Lipinski definition) is 1. The molecule has 1 N–H and O–H groups in total. The van der Waals surface area contributed by atoms with Crippen LogP contribution in [0.5, 0.6) is 17.2 Å². The van der Waals surface area contributed by atoms with Crippen LogP contribution in [0, 0.1) is 6.92 Å². The molecular weight excluding hydrogens is 400 g/mol. The molecule has 0 spiro atoms. The molecule has 3 aromatic rings. The lowest BCUT2D eigenvalue weighted by atomic mass is 9.80. The Kier molecular flexibility index (Phi) is 5.71. The van der Waals surface area contributed by atoms with Gasteiger partial charge in [-0.3, -0.25) is 0 Å². The van der Waals surface area contributed by atoms with E-state index < -0.39 is 5.97 Å². The third kappa shape index (κ3) is 3.66. The van der Waals surface area contributed by atoms with Crippen LogP contribution in [0.3, 0.4) is 0 Å². The van der Waals surface area contributed by atoms with Crippen molar-refractivity contribution in [3.8, 4) is 17.2 Å². The van der Waals surface area contributed by atoms with E-state index in [1.54, 1.807) is 14.2 Å². The summed E-state index contributed by atoms with van der Waals surface area (Å²) in [5.74, 6) is 0.691. The van der Waals surface area contributed by atoms with E-state index in [4.69, 9.17) is 14.2 Å². The van der Waals surface area contributed by atoms with Crippen LogP contribution in [0.2, 0.25) is 0 Å². The van der Waals surface area contributed by atoms with E-state index in [0.717, 1.165) is 28.5 Å². The molecule has 0 unspecified atom stereocenters. The third-order valence-corrected chi connectivity index (χ3v) is 7.14. The molecule has 0 saturated heterocycles. The minimum atomic E-state index is -0.996. The summed E-state index contributed by atoms with van der Waals surface area (Å²) < 4.78 is 17.9. The highest BCUT2D eigenvalue weighted by Crippen LogP contribution is 2.44. The maximum absolute atomic E-state index is 11.8. The molecule has 0 amide bonds. The highest BCUT2D eigenvalue weighted by atomic mass is 32.1. The van der Waals surface area contributed by atoms with Gasteiger partial charge in [0.15, 0.2) is 10.6 Å². The Morgan fingerprint density at radius 3 is 2.43 bits per heavy atom. The highest BCUT2D eigenvalue weighted by Gasteiger charge is 2.35. The van der Waals surface area contributed by atoms with Gasteiger partial charge in [0.1, 0.15) is 11.5 Å². The van der Waals surface area contributed by atoms with Crippen molar-refractivity contribution in [2.45, 2.75) is 38.0 Å². The van der Waals surface area contributed by atoms with Crippen molar-refractivity contribution in [1.82, 2.24) is 0 Å². The average Bonchev–Trinajstić information content (AvgIpc) is 3.34. The fourth-order valence-electron chi connectivity index (χ4n) is 4.50. The largest absolute Gasteiger partial charge is 0.496 e. The van der Waals surface area contributed by atoms with Gasteiger partial charge in [-0.15, -0.1) is 11.3 Å². The van der Waals surface area contributed by atoms with Crippen molar-refractivity contribution in [3.63, 3.8) is 0 Å². The van der Waals surface area contributed by atoms with Crippen LogP contribution in [0.25, 0.3) is 10.1 Å². The minimum absolute atomic E-state index is 0.0689. The number of methoxy groups -OCH3 is 2. The van der Waals surface area contributed by atoms with Gasteiger partial charge in [0, 0.05) is 22.6 Å². The summed E-state index contributed by atoms with van der Waals surface area (Å²) in [7, 11) is 3.36. The normalized spacial score (nSPS) is 15.4. The molecule has 2 aromatic carbocycles. The lowest BCUT2D eigenvalue weighted by molar-refractivity contribution is 0.0700. The molecule has 0 atom stereocenters. The highest BCUT2D eigenvalue weighted by molar-refractivity contribution is 7.21. The maximum Gasteiger partial charge on any atom is 0.349 e. The Balaban J connectivity index is 1.70. The van der Waals surface area contributed by atoms with Crippen LogP contribution < -0.4 is 9.47 Å². The number of ether oxygens (including phenoxy) is 3. The monoisotopic (exact) mass is 426 g/mol. The van der Waals surface area contributed by atoms with Crippen LogP contribution in [-0.4, -0.2) is 31.9 Å². The van der Waals surface area contributed by atoms with Crippen molar-refractivity contribution in [1.29, 1.82) is 0 Å². The first-order valence-electron chi connectivity index (χ1n) is 10.1. The molecule has 1 aliphatic carbocycles. The number of aryl methyl sites for hydroxylation is 1. The molecule has 0 radical (unpaired) electrons. The number of carboxylic acids is 1. The number of carbonyl (C=O) groups is 1. The van der Waals surface area contributed by atoms with E-state index in [9.17, 15) is 9.90 Å². The van der Waals surface area contributed by atoms with Gasteiger partial charge in [0.25, 0.3) is 0 Å². The fourth-order valence-corrected chi connectivity index (χ4v) is 5.55. The van der Waals surface area contributed by atoms with Crippen molar-refractivity contribution in [2.24, 2.45) is 0 Å². The van der Waals surface area contributed by atoms with E-state index in [-0.39, 0.29) is 10.3 Å². The summed E-state index contributed by atoms with van der Waals surface area (Å²) in [6.07, 6.45) is 4.68. The van der Waals surface area contributed by atoms with Gasteiger partial charge in [0.2, 0.25) is 0 Å². The molecule has 0 bridgehead atoms. The third-order valence-electron chi connectivity index (χ3n) is 6.02. The zero-order valence-corrected chi connectivity index (χ0v) is 18.3. The Morgan fingerprint density at radius 1 is 1.13 bits per heavy atom. The summed E-state index contributed by atoms with van der Waals surface area (Å²) in [5, 5.41) is 10.5. The average molecular weight is 427 g/mol. The number of benzene rings is 2. The smallest absolute Gasteiger partial charge is 0.349 e. The van der Waals surface area contributed by atoms with Crippen molar-refractivity contribution in [3.05, 3.63) is 52.4 Å². The lowest BCUT2D eigenvalue weighted by Crippen LogP contribution is -2.27. The van der Waals surface area contributed by atoms with Crippen LogP contribution in [0.4, 0.5) is 0 Å². The second-order valence-electron chi connectivity index (χ2n) is 7.93. The summed E-state index contributed by atoms with van der Waals surface area (Å²) >= 11 is 1.22. The number of rotatable bonds is 7. The molecule has 1 aliphatic rings. The maximum atomic E-state index is 11.8. The molecule has 30 heavy (non-hydrogen) atoms. The van der Waals surface area contributed by atoms with Gasteiger partial charge in [-0.25, -0.2) is 4.79 Å². The number of thiophene rings is 1. The summed E-state index contributed by atoms with van der Waals surface area (Å²) in [5.41, 5.74) is 2.28. The van der Waals surface area contributed by atoms with Gasteiger partial charge in [0.05, 0.1) is 13.7 Å². The molecule has 1 heterocycles. The standard InChI is InChI=1S/C24H26O5S/c1-15-12-20-18(13-19(15)28-3)21(22(30-20)23(25)26)29-17-8-6-16(7-9-17)24(14-27-2)10-4-5-11-24/h6-9,12-13H,4-5,10-11,14H2,1-3H3,(H,25,26). The molecule has 1 aromatic heterocycles. The van der Waals surface area contributed by atoms with Crippen LogP contribution in [0.15, 0.2) is 36.4 Å². The van der Waals surface area contributed by atoms with Crippen molar-refractivity contribution in [2.75, 3.05) is 20.8 Å². The van der Waals surface area contributed by atoms with Crippen LogP contribution in [0.1, 0.15) is 46.5 Å². The number of carboxylic acid groups (broad SMARTS) is 1. The molecule has 4 rings (SSSR count). The fraction of sp³-hybridized carbons (Fsp3) is 0.375. The molecule has 0 aliphatic heterocycles. The number of fused-ring (bicyclic) bond motifs is 1. The number of hydrogen-bond acceptors (Lipinski definition) is 5. The van der Waals surface area contributed by atoms with Gasteiger partial charge < -0.3 is 19.3 Å². The van der Waals surface area contributed by atoms with Crippen molar-refractivity contribution < 1.29 is 24.1 Å². The summed E-state index contributed by atoms with van der Waals surface area (Å²) in [6, 6.07) is 11.8. The zero-order valence-electron chi connectivity index (χ0n) is 17.5. The first kappa shape index (κ1) is 20.7. The van der Waals surface area contributed by atoms with Crippen LogP contribution >= 0.6 is 11.3 Å².